The molecule has 1 spiro atoms. The van der Waals surface area contributed by atoms with Crippen LogP contribution in [0.4, 0.5) is 0 Å². The molecule has 1 heterocycles. The number of esters is 6. The Morgan fingerprint density at radius 2 is 1.20 bits per heavy atom. The van der Waals surface area contributed by atoms with Gasteiger partial charge in [0.05, 0.1) is 23.0 Å². The van der Waals surface area contributed by atoms with Gasteiger partial charge in [-0.15, -0.1) is 0 Å². The summed E-state index contributed by atoms with van der Waals surface area (Å²) < 4.78 is 41.8. The van der Waals surface area contributed by atoms with E-state index in [4.69, 9.17) is 33.2 Å². The minimum atomic E-state index is -1.82. The number of epoxide rings is 1. The van der Waals surface area contributed by atoms with Crippen molar-refractivity contribution in [2.24, 2.45) is 16.7 Å². The van der Waals surface area contributed by atoms with E-state index in [1.165, 1.54) is 41.5 Å². The molecule has 10 atom stereocenters. The summed E-state index contributed by atoms with van der Waals surface area (Å²) >= 11 is 0. The van der Waals surface area contributed by atoms with E-state index in [0.29, 0.717) is 5.57 Å². The predicted octanol–water partition coefficient (Wildman–Crippen LogP) is 1.86. The second-order valence-electron chi connectivity index (χ2n) is 13.5. The third kappa shape index (κ3) is 5.67. The summed E-state index contributed by atoms with van der Waals surface area (Å²) in [6, 6.07) is 0. The molecule has 4 aliphatic rings. The highest BCUT2D eigenvalue weighted by Crippen LogP contribution is 2.69. The van der Waals surface area contributed by atoms with E-state index < -0.39 is 100 Å². The fourth-order valence-corrected chi connectivity index (χ4v) is 8.55. The van der Waals surface area contributed by atoms with Crippen molar-refractivity contribution >= 4 is 35.8 Å². The molecule has 256 valence electrons. The molecule has 2 unspecified atom stereocenters. The zero-order valence-electron chi connectivity index (χ0n) is 27.9. The molecule has 14 nitrogen and oxygen atoms in total. The van der Waals surface area contributed by atoms with Crippen LogP contribution in [-0.2, 0) is 61.9 Å². The molecule has 46 heavy (non-hydrogen) atoms. The van der Waals surface area contributed by atoms with E-state index in [1.807, 2.05) is 0 Å². The standard InChI is InChI=1S/C32H44O14/c1-14-21(41-15(2)33)12-31(29(8,9)39)24(14)25(44-18(5)36)27(45-19(6)37)30(10)22(42-16(3)34)11-23(43-17(4)35)32(13-40-32)26(30)28(31)46-20(7)38/h21-23,25-28,39H,11-13H2,1-10H3/t21-,22-,23?,25+,26-,27?,28-,30+,31-,32+/m0/s1. The average molecular weight is 653 g/mol. The summed E-state index contributed by atoms with van der Waals surface area (Å²) in [5.74, 6) is -5.43. The smallest absolute Gasteiger partial charge is 0.303 e. The number of aliphatic hydroxyl groups is 1. The van der Waals surface area contributed by atoms with Gasteiger partial charge in [-0.05, 0) is 31.9 Å². The van der Waals surface area contributed by atoms with Crippen LogP contribution in [0.3, 0.4) is 0 Å². The van der Waals surface area contributed by atoms with Gasteiger partial charge in [-0.3, -0.25) is 28.8 Å². The molecule has 1 aliphatic heterocycles. The number of ether oxygens (including phenoxy) is 7. The van der Waals surface area contributed by atoms with Crippen LogP contribution < -0.4 is 0 Å². The van der Waals surface area contributed by atoms with Crippen molar-refractivity contribution in [2.75, 3.05) is 6.61 Å². The topological polar surface area (TPSA) is 191 Å². The van der Waals surface area contributed by atoms with Gasteiger partial charge in [-0.25, -0.2) is 0 Å². The van der Waals surface area contributed by atoms with Crippen molar-refractivity contribution in [1.82, 2.24) is 0 Å². The van der Waals surface area contributed by atoms with Crippen molar-refractivity contribution in [3.05, 3.63) is 11.1 Å². The molecule has 3 fully saturated rings. The van der Waals surface area contributed by atoms with Gasteiger partial charge in [-0.1, -0.05) is 6.92 Å². The van der Waals surface area contributed by atoms with Crippen LogP contribution >= 0.6 is 0 Å². The van der Waals surface area contributed by atoms with Gasteiger partial charge >= 0.3 is 35.8 Å². The summed E-state index contributed by atoms with van der Waals surface area (Å²) in [4.78, 5) is 76.2. The number of carbonyl (C=O) groups excluding carboxylic acids is 6. The molecule has 1 N–H and O–H groups in total. The van der Waals surface area contributed by atoms with Gasteiger partial charge in [0.25, 0.3) is 0 Å². The lowest BCUT2D eigenvalue weighted by Crippen LogP contribution is -2.69. The highest BCUT2D eigenvalue weighted by atomic mass is 16.6. The molecule has 2 saturated carbocycles. The number of carbonyl (C=O) groups is 6. The average Bonchev–Trinajstić information content (AvgIpc) is 3.61. The lowest BCUT2D eigenvalue weighted by atomic mass is 9.52. The Kier molecular flexibility index (Phi) is 9.16. The SMILES string of the molecule is CC(=O)OC1[C@H](OC(C)=O)C2=C(C)[C@@H](OC(C)=O)C[C@@]2(C(C)(C)O)[C@@H](OC(C)=O)[C@H]2[C@@]1(C)[C@@H](OC(C)=O)CC(OC(C)=O)[C@]21CO1. The Bertz CT molecular complexity index is 1350. The molecule has 0 aromatic carbocycles. The van der Waals surface area contributed by atoms with Crippen LogP contribution in [0.2, 0.25) is 0 Å². The van der Waals surface area contributed by atoms with Crippen molar-refractivity contribution in [1.29, 1.82) is 0 Å². The largest absolute Gasteiger partial charge is 0.462 e. The fraction of sp³-hybridized carbons (Fsp3) is 0.750. The van der Waals surface area contributed by atoms with Gasteiger partial charge in [0.1, 0.15) is 30.0 Å². The first-order valence-electron chi connectivity index (χ1n) is 15.2. The number of hydrogen-bond donors (Lipinski definition) is 1. The van der Waals surface area contributed by atoms with Crippen LogP contribution in [0.15, 0.2) is 11.1 Å². The minimum Gasteiger partial charge on any atom is -0.462 e. The van der Waals surface area contributed by atoms with Gasteiger partial charge in [0.15, 0.2) is 12.2 Å². The van der Waals surface area contributed by atoms with E-state index in [0.717, 1.165) is 13.8 Å². The number of rotatable bonds is 7. The third-order valence-electron chi connectivity index (χ3n) is 10.1. The first-order chi connectivity index (χ1) is 21.1. The van der Waals surface area contributed by atoms with Crippen molar-refractivity contribution in [3.8, 4) is 0 Å². The van der Waals surface area contributed by atoms with Gasteiger partial charge in [0.2, 0.25) is 0 Å². The molecule has 1 saturated heterocycles. The molecule has 0 bridgehead atoms. The lowest BCUT2D eigenvalue weighted by molar-refractivity contribution is -0.248. The van der Waals surface area contributed by atoms with Crippen molar-refractivity contribution in [3.63, 3.8) is 0 Å². The molecular weight excluding hydrogens is 608 g/mol. The van der Waals surface area contributed by atoms with Crippen LogP contribution in [-0.4, -0.2) is 95.4 Å². The van der Waals surface area contributed by atoms with Crippen LogP contribution in [0.25, 0.3) is 0 Å². The van der Waals surface area contributed by atoms with E-state index in [-0.39, 0.29) is 25.0 Å². The van der Waals surface area contributed by atoms with E-state index in [1.54, 1.807) is 13.8 Å². The van der Waals surface area contributed by atoms with Crippen molar-refractivity contribution < 1.29 is 67.0 Å². The van der Waals surface area contributed by atoms with E-state index in [9.17, 15) is 33.9 Å². The molecule has 0 aromatic rings. The molecule has 3 aliphatic carbocycles. The predicted molar refractivity (Wildman–Crippen MR) is 154 cm³/mol. The number of fused-ring (bicyclic) bond motifs is 3. The quantitative estimate of drug-likeness (QED) is 0.181. The first kappa shape index (κ1) is 35.3. The Hall–Kier alpha value is -3.52. The fourth-order valence-electron chi connectivity index (χ4n) is 8.55. The summed E-state index contributed by atoms with van der Waals surface area (Å²) in [5.41, 5.74) is -5.87. The van der Waals surface area contributed by atoms with Gasteiger partial charge in [0, 0.05) is 60.3 Å². The Balaban J connectivity index is 2.22. The number of hydrogen-bond acceptors (Lipinski definition) is 14. The molecule has 0 amide bonds. The zero-order chi connectivity index (χ0) is 34.7. The maximum absolute atomic E-state index is 13.1. The summed E-state index contributed by atoms with van der Waals surface area (Å²) in [6.07, 6.45) is -7.73. The molecule has 0 radical (unpaired) electrons. The summed E-state index contributed by atoms with van der Waals surface area (Å²) in [7, 11) is 0. The minimum absolute atomic E-state index is 0.00583. The highest BCUT2D eigenvalue weighted by molar-refractivity contribution is 5.71. The molecule has 4 rings (SSSR count). The Morgan fingerprint density at radius 1 is 0.739 bits per heavy atom. The maximum Gasteiger partial charge on any atom is 0.303 e. The monoisotopic (exact) mass is 652 g/mol. The van der Waals surface area contributed by atoms with E-state index >= 15 is 0 Å². The Morgan fingerprint density at radius 3 is 1.63 bits per heavy atom. The Labute approximate surface area is 267 Å². The molecule has 14 heteroatoms. The first-order valence-corrected chi connectivity index (χ1v) is 15.2. The van der Waals surface area contributed by atoms with E-state index in [2.05, 4.69) is 0 Å². The molecular formula is C32H44O14. The second-order valence-corrected chi connectivity index (χ2v) is 13.5. The van der Waals surface area contributed by atoms with Crippen LogP contribution in [0, 0.1) is 16.7 Å². The second kappa shape index (κ2) is 11.9. The van der Waals surface area contributed by atoms with Gasteiger partial charge in [-0.2, -0.15) is 0 Å². The molecule has 0 aromatic heterocycles. The van der Waals surface area contributed by atoms with Crippen molar-refractivity contribution in [2.45, 2.75) is 130 Å². The highest BCUT2D eigenvalue weighted by Gasteiger charge is 2.81. The van der Waals surface area contributed by atoms with Gasteiger partial charge < -0.3 is 38.3 Å². The summed E-state index contributed by atoms with van der Waals surface area (Å²) in [6.45, 7) is 13.4. The summed E-state index contributed by atoms with van der Waals surface area (Å²) in [5, 5.41) is 12.3. The third-order valence-corrected chi connectivity index (χ3v) is 10.1. The van der Waals surface area contributed by atoms with Crippen LogP contribution in [0.5, 0.6) is 0 Å². The zero-order valence-corrected chi connectivity index (χ0v) is 27.9. The lowest BCUT2D eigenvalue weighted by Gasteiger charge is -2.57. The maximum atomic E-state index is 13.1. The normalized spacial score (nSPS) is 38.0. The van der Waals surface area contributed by atoms with Crippen LogP contribution in [0.1, 0.15) is 82.1 Å².